The Labute approximate surface area is 159 Å². The minimum atomic E-state index is -0.0621. The first-order valence-corrected chi connectivity index (χ1v) is 9.87. The van der Waals surface area contributed by atoms with Gasteiger partial charge in [0.05, 0.1) is 18.1 Å². The van der Waals surface area contributed by atoms with E-state index in [-0.39, 0.29) is 18.9 Å². The summed E-state index contributed by atoms with van der Waals surface area (Å²) in [4.78, 5) is 10.8. The average Bonchev–Trinajstić information content (AvgIpc) is 3.31. The van der Waals surface area contributed by atoms with Gasteiger partial charge in [-0.05, 0) is 25.3 Å². The largest absolute Gasteiger partial charge is 0.394 e. The highest BCUT2D eigenvalue weighted by Crippen LogP contribution is 2.34. The lowest BCUT2D eigenvalue weighted by Crippen LogP contribution is -2.14. The number of anilines is 1. The van der Waals surface area contributed by atoms with Crippen LogP contribution in [0.4, 0.5) is 5.82 Å². The van der Waals surface area contributed by atoms with E-state index in [1.807, 2.05) is 60.5 Å². The Morgan fingerprint density at radius 2 is 1.73 bits per heavy atom. The molecule has 6 nitrogen and oxygen atoms in total. The van der Waals surface area contributed by atoms with Gasteiger partial charge in [0.25, 0.3) is 0 Å². The summed E-state index contributed by atoms with van der Waals surface area (Å²) in [5.41, 5.74) is 2.03. The van der Waals surface area contributed by atoms with Gasteiger partial charge in [0.15, 0.2) is 0 Å². The van der Waals surface area contributed by atoms with Gasteiger partial charge in [0.2, 0.25) is 0 Å². The third-order valence-corrected chi connectivity index (χ3v) is 3.80. The highest BCUT2D eigenvalue weighted by Gasteiger charge is 2.28. The van der Waals surface area contributed by atoms with E-state index < -0.39 is 0 Å². The van der Waals surface area contributed by atoms with E-state index in [9.17, 15) is 5.11 Å². The highest BCUT2D eigenvalue weighted by molar-refractivity contribution is 5.91. The van der Waals surface area contributed by atoms with Crippen molar-refractivity contribution < 1.29 is 9.84 Å². The van der Waals surface area contributed by atoms with Crippen molar-refractivity contribution in [3.05, 3.63) is 18.1 Å². The fourth-order valence-electron chi connectivity index (χ4n) is 2.83. The summed E-state index contributed by atoms with van der Waals surface area (Å²) in [6.07, 6.45) is 5.32. The summed E-state index contributed by atoms with van der Waals surface area (Å²) in [5, 5.41) is 10.3. The number of aryl methyl sites for hydroxylation is 1. The van der Waals surface area contributed by atoms with Gasteiger partial charge >= 0.3 is 0 Å². The first-order chi connectivity index (χ1) is 12.6. The van der Waals surface area contributed by atoms with Crippen molar-refractivity contribution in [1.29, 1.82) is 0 Å². The number of aliphatic hydroxyl groups excluding tert-OH is 1. The molecule has 3 heterocycles. The van der Waals surface area contributed by atoms with Crippen molar-refractivity contribution in [2.24, 2.45) is 0 Å². The minimum Gasteiger partial charge on any atom is -0.394 e. The number of hydrogen-bond acceptors (Lipinski definition) is 5. The first-order valence-electron chi connectivity index (χ1n) is 9.87. The lowest BCUT2D eigenvalue weighted by atomic mass is 10.2. The van der Waals surface area contributed by atoms with Crippen molar-refractivity contribution in [1.82, 2.24) is 14.5 Å². The number of rotatable bonds is 3. The van der Waals surface area contributed by atoms with E-state index in [1.54, 1.807) is 6.33 Å². The Morgan fingerprint density at radius 1 is 1.12 bits per heavy atom. The van der Waals surface area contributed by atoms with E-state index in [4.69, 9.17) is 4.74 Å². The molecule has 2 aromatic rings. The summed E-state index contributed by atoms with van der Waals surface area (Å²) in [7, 11) is 3.96. The maximum absolute atomic E-state index is 9.20. The van der Waals surface area contributed by atoms with Gasteiger partial charge in [-0.3, -0.25) is 0 Å². The normalized spacial score (nSPS) is 18.1. The average molecular weight is 367 g/mol. The fourth-order valence-corrected chi connectivity index (χ4v) is 2.83. The van der Waals surface area contributed by atoms with Crippen LogP contribution in [0, 0.1) is 6.92 Å². The Hall–Kier alpha value is -1.66. The summed E-state index contributed by atoms with van der Waals surface area (Å²) in [5.74, 6) is 0.919. The molecular formula is C20H38N4O2. The van der Waals surface area contributed by atoms with Crippen LogP contribution in [0.3, 0.4) is 0 Å². The maximum Gasteiger partial charge on any atom is 0.147 e. The second-order valence-electron chi connectivity index (χ2n) is 5.48. The minimum absolute atomic E-state index is 0.0479. The van der Waals surface area contributed by atoms with Crippen molar-refractivity contribution in [3.63, 3.8) is 0 Å². The van der Waals surface area contributed by atoms with Crippen LogP contribution in [-0.2, 0) is 4.74 Å². The van der Waals surface area contributed by atoms with Gasteiger partial charge in [0.1, 0.15) is 24.0 Å². The van der Waals surface area contributed by atoms with Crippen LogP contribution >= 0.6 is 0 Å². The van der Waals surface area contributed by atoms with E-state index >= 15 is 0 Å². The van der Waals surface area contributed by atoms with E-state index in [0.717, 1.165) is 35.3 Å². The fraction of sp³-hybridized carbons (Fsp3) is 0.700. The summed E-state index contributed by atoms with van der Waals surface area (Å²) in [6.45, 7) is 14.1. The lowest BCUT2D eigenvalue weighted by Gasteiger charge is -2.16. The van der Waals surface area contributed by atoms with Crippen molar-refractivity contribution in [3.8, 4) is 0 Å². The second kappa shape index (κ2) is 12.7. The monoisotopic (exact) mass is 366 g/mol. The van der Waals surface area contributed by atoms with Crippen molar-refractivity contribution >= 4 is 16.9 Å². The van der Waals surface area contributed by atoms with Crippen LogP contribution < -0.4 is 4.90 Å². The van der Waals surface area contributed by atoms with Crippen LogP contribution in [0.1, 0.15) is 66.2 Å². The third kappa shape index (κ3) is 5.42. The predicted octanol–water partition coefficient (Wildman–Crippen LogP) is 4.55. The molecule has 0 spiro atoms. The van der Waals surface area contributed by atoms with Crippen LogP contribution in [0.5, 0.6) is 0 Å². The molecule has 2 aromatic heterocycles. The topological polar surface area (TPSA) is 63.4 Å². The predicted molar refractivity (Wildman–Crippen MR) is 111 cm³/mol. The summed E-state index contributed by atoms with van der Waals surface area (Å²) >= 11 is 0. The molecule has 0 aromatic carbocycles. The van der Waals surface area contributed by atoms with Crippen molar-refractivity contribution in [2.45, 2.75) is 73.6 Å². The van der Waals surface area contributed by atoms with Crippen LogP contribution in [-0.4, -0.2) is 46.4 Å². The standard InChI is InChI=1S/C14H20N4O2.3C2H6/c1-9-6-18(11-5-4-10(7-19)20-11)14-12(9)13(17(2)3)15-8-16-14;3*1-2/h6,8,10-11,19H,4-5,7H2,1-3H3;3*1-2H3/t10-,11+;;;/m0.../s1. The maximum atomic E-state index is 9.20. The first kappa shape index (κ1) is 24.3. The molecule has 1 fully saturated rings. The van der Waals surface area contributed by atoms with E-state index in [0.29, 0.717) is 0 Å². The Bertz CT molecular complexity index is 626. The number of nitrogens with zero attached hydrogens (tertiary/aromatic N) is 4. The Kier molecular flexibility index (Phi) is 11.8. The van der Waals surface area contributed by atoms with Crippen molar-refractivity contribution in [2.75, 3.05) is 25.6 Å². The zero-order valence-electron chi connectivity index (χ0n) is 18.1. The molecule has 1 saturated heterocycles. The lowest BCUT2D eigenvalue weighted by molar-refractivity contribution is -0.0205. The summed E-state index contributed by atoms with van der Waals surface area (Å²) in [6, 6.07) is 0. The van der Waals surface area contributed by atoms with Crippen LogP contribution in [0.25, 0.3) is 11.0 Å². The molecule has 3 rings (SSSR count). The molecule has 1 N–H and O–H groups in total. The molecule has 1 aliphatic rings. The SMILES string of the molecule is CC.CC.CC.Cc1cn([C@H]2CC[C@@H](CO)O2)c2ncnc(N(C)C)c12. The second-order valence-corrected chi connectivity index (χ2v) is 5.48. The Balaban J connectivity index is 0.000000948. The highest BCUT2D eigenvalue weighted by atomic mass is 16.5. The van der Waals surface area contributed by atoms with Gasteiger partial charge in [-0.1, -0.05) is 41.5 Å². The number of fused-ring (bicyclic) bond motifs is 1. The van der Waals surface area contributed by atoms with Gasteiger partial charge in [-0.2, -0.15) is 0 Å². The molecule has 0 amide bonds. The zero-order chi connectivity index (χ0) is 20.3. The van der Waals surface area contributed by atoms with Crippen LogP contribution in [0.2, 0.25) is 0 Å². The summed E-state index contributed by atoms with van der Waals surface area (Å²) < 4.78 is 7.92. The molecule has 6 heteroatoms. The molecule has 0 bridgehead atoms. The third-order valence-electron chi connectivity index (χ3n) is 3.80. The molecule has 0 unspecified atom stereocenters. The van der Waals surface area contributed by atoms with Gasteiger partial charge in [-0.15, -0.1) is 0 Å². The molecule has 2 atom stereocenters. The van der Waals surface area contributed by atoms with Gasteiger partial charge in [-0.25, -0.2) is 9.97 Å². The molecule has 1 aliphatic heterocycles. The number of aromatic nitrogens is 3. The van der Waals surface area contributed by atoms with Gasteiger partial charge in [0, 0.05) is 20.3 Å². The Morgan fingerprint density at radius 3 is 2.23 bits per heavy atom. The zero-order valence-corrected chi connectivity index (χ0v) is 18.1. The molecular weight excluding hydrogens is 328 g/mol. The number of aliphatic hydroxyl groups is 1. The van der Waals surface area contributed by atoms with E-state index in [2.05, 4.69) is 27.7 Å². The number of hydrogen-bond donors (Lipinski definition) is 1. The molecule has 150 valence electrons. The molecule has 0 saturated carbocycles. The quantitative estimate of drug-likeness (QED) is 0.863. The molecule has 0 radical (unpaired) electrons. The van der Waals surface area contributed by atoms with Gasteiger partial charge < -0.3 is 19.3 Å². The molecule has 0 aliphatic carbocycles. The van der Waals surface area contributed by atoms with E-state index in [1.165, 1.54) is 0 Å². The van der Waals surface area contributed by atoms with Crippen LogP contribution in [0.15, 0.2) is 12.5 Å². The molecule has 26 heavy (non-hydrogen) atoms. The number of ether oxygens (including phenoxy) is 1. The smallest absolute Gasteiger partial charge is 0.147 e.